The topological polar surface area (TPSA) is 113 Å². The van der Waals surface area contributed by atoms with Gasteiger partial charge in [0.25, 0.3) is 11.5 Å². The van der Waals surface area contributed by atoms with Crippen molar-refractivity contribution in [2.75, 3.05) is 6.61 Å². The summed E-state index contributed by atoms with van der Waals surface area (Å²) in [7, 11) is 0. The zero-order chi connectivity index (χ0) is 23.4. The molecule has 1 atom stereocenters. The maximum Gasteiger partial charge on any atom is 0.284 e. The second kappa shape index (κ2) is 9.76. The highest BCUT2D eigenvalue weighted by molar-refractivity contribution is 6.30. The third kappa shape index (κ3) is 5.16. The normalized spacial score (nSPS) is 11.8. The molecule has 3 N–H and O–H groups in total. The van der Waals surface area contributed by atoms with Crippen molar-refractivity contribution >= 4 is 17.5 Å². The van der Waals surface area contributed by atoms with Gasteiger partial charge in [-0.05, 0) is 36.4 Å². The molecule has 0 radical (unpaired) electrons. The van der Waals surface area contributed by atoms with Crippen LogP contribution in [0.25, 0.3) is 16.9 Å². The lowest BCUT2D eigenvalue weighted by molar-refractivity contribution is 0.0914. The number of aromatic nitrogens is 4. The highest BCUT2D eigenvalue weighted by Gasteiger charge is 2.21. The molecule has 0 aliphatic carbocycles. The van der Waals surface area contributed by atoms with E-state index in [1.165, 1.54) is 30.6 Å². The number of hydrogen-bond donors (Lipinski definition) is 3. The number of aliphatic hydroxyl groups excluding tert-OH is 1. The number of halogens is 2. The van der Waals surface area contributed by atoms with Crippen molar-refractivity contribution < 1.29 is 14.3 Å². The Labute approximate surface area is 192 Å². The molecule has 10 heteroatoms. The van der Waals surface area contributed by atoms with Gasteiger partial charge in [-0.1, -0.05) is 29.8 Å². The van der Waals surface area contributed by atoms with Crippen LogP contribution in [-0.4, -0.2) is 43.4 Å². The van der Waals surface area contributed by atoms with E-state index in [9.17, 15) is 19.1 Å². The Morgan fingerprint density at radius 2 is 2.00 bits per heavy atom. The minimum absolute atomic E-state index is 0.168. The fourth-order valence-corrected chi connectivity index (χ4v) is 3.41. The third-order valence-electron chi connectivity index (χ3n) is 4.93. The quantitative estimate of drug-likeness (QED) is 0.387. The summed E-state index contributed by atoms with van der Waals surface area (Å²) in [5.74, 6) is -1.25. The number of benzene rings is 2. The van der Waals surface area contributed by atoms with E-state index in [4.69, 9.17) is 11.6 Å². The second-order valence-corrected chi connectivity index (χ2v) is 7.72. The van der Waals surface area contributed by atoms with E-state index in [1.807, 2.05) is 0 Å². The molecule has 4 rings (SSSR count). The molecule has 4 aromatic rings. The number of imidazole rings is 1. The first kappa shape index (κ1) is 22.4. The fraction of sp³-hybridized carbons (Fsp3) is 0.130. The molecule has 0 aliphatic heterocycles. The van der Waals surface area contributed by atoms with Crippen molar-refractivity contribution in [3.8, 4) is 16.9 Å². The molecule has 0 fully saturated rings. The van der Waals surface area contributed by atoms with E-state index in [0.29, 0.717) is 22.0 Å². The number of nitrogens with zero attached hydrogens (tertiary/aromatic N) is 3. The molecule has 168 valence electrons. The Morgan fingerprint density at radius 3 is 2.67 bits per heavy atom. The van der Waals surface area contributed by atoms with E-state index in [2.05, 4.69) is 20.4 Å². The fourth-order valence-electron chi connectivity index (χ4n) is 3.29. The molecule has 0 aliphatic rings. The van der Waals surface area contributed by atoms with Crippen molar-refractivity contribution in [2.45, 2.75) is 12.5 Å². The Hall–Kier alpha value is -3.82. The number of carbonyl (C=O) groups excluding carboxylic acids is 1. The number of aromatic amines is 1. The number of aliphatic hydroxyl groups is 1. The van der Waals surface area contributed by atoms with Gasteiger partial charge >= 0.3 is 0 Å². The standard InChI is InChI=1S/C23H19ClFN5O3/c24-15-6-4-14(5-7-15)21-10-20(22(32)28-18(12-31)9-17-11-26-13-27-17)23(33)30(29-21)19-3-1-2-16(25)8-19/h1-8,10-11,13,18,31H,9,12H2,(H,26,27)(H,28,32). The summed E-state index contributed by atoms with van der Waals surface area (Å²) in [6.07, 6.45) is 3.36. The van der Waals surface area contributed by atoms with Crippen LogP contribution >= 0.6 is 11.6 Å². The molecular weight excluding hydrogens is 449 g/mol. The van der Waals surface area contributed by atoms with Crippen LogP contribution in [0.15, 0.2) is 71.9 Å². The van der Waals surface area contributed by atoms with Crippen molar-refractivity contribution in [1.29, 1.82) is 0 Å². The molecule has 0 spiro atoms. The molecule has 1 unspecified atom stereocenters. The van der Waals surface area contributed by atoms with Gasteiger partial charge in [-0.25, -0.2) is 9.37 Å². The SMILES string of the molecule is O=C(NC(CO)Cc1cnc[nH]1)c1cc(-c2ccc(Cl)cc2)nn(-c2cccc(F)c2)c1=O. The summed E-state index contributed by atoms with van der Waals surface area (Å²) in [5.41, 5.74) is 0.866. The van der Waals surface area contributed by atoms with Crippen molar-refractivity contribution in [3.63, 3.8) is 0 Å². The van der Waals surface area contributed by atoms with Gasteiger partial charge in [0.1, 0.15) is 11.4 Å². The van der Waals surface area contributed by atoms with E-state index in [1.54, 1.807) is 30.5 Å². The minimum Gasteiger partial charge on any atom is -0.394 e. The number of carbonyl (C=O) groups is 1. The summed E-state index contributed by atoms with van der Waals surface area (Å²) in [5, 5.41) is 17.2. The zero-order valence-corrected chi connectivity index (χ0v) is 18.0. The largest absolute Gasteiger partial charge is 0.394 e. The van der Waals surface area contributed by atoms with E-state index >= 15 is 0 Å². The Balaban J connectivity index is 1.76. The first-order valence-corrected chi connectivity index (χ1v) is 10.4. The molecule has 0 saturated heterocycles. The number of rotatable bonds is 7. The van der Waals surface area contributed by atoms with Gasteiger partial charge in [0.05, 0.1) is 30.4 Å². The van der Waals surface area contributed by atoms with Gasteiger partial charge in [0, 0.05) is 28.9 Å². The monoisotopic (exact) mass is 467 g/mol. The maximum atomic E-state index is 13.8. The van der Waals surface area contributed by atoms with Gasteiger partial charge in [-0.15, -0.1) is 0 Å². The van der Waals surface area contributed by atoms with E-state index in [-0.39, 0.29) is 24.3 Å². The summed E-state index contributed by atoms with van der Waals surface area (Å²) >= 11 is 5.97. The van der Waals surface area contributed by atoms with Crippen LogP contribution in [0.5, 0.6) is 0 Å². The molecule has 2 aromatic heterocycles. The van der Waals surface area contributed by atoms with Crippen LogP contribution in [-0.2, 0) is 6.42 Å². The summed E-state index contributed by atoms with van der Waals surface area (Å²) in [6, 6.07) is 12.8. The predicted octanol–water partition coefficient (Wildman–Crippen LogP) is 2.75. The lowest BCUT2D eigenvalue weighted by Crippen LogP contribution is -2.42. The molecule has 1 amide bonds. The number of nitrogens with one attached hydrogen (secondary N) is 2. The van der Waals surface area contributed by atoms with Crippen LogP contribution in [0.2, 0.25) is 5.02 Å². The first-order chi connectivity index (χ1) is 15.9. The average Bonchev–Trinajstić information content (AvgIpc) is 3.32. The van der Waals surface area contributed by atoms with Crippen LogP contribution in [0.1, 0.15) is 16.1 Å². The maximum absolute atomic E-state index is 13.8. The van der Waals surface area contributed by atoms with Crippen molar-refractivity contribution in [1.82, 2.24) is 25.1 Å². The smallest absolute Gasteiger partial charge is 0.284 e. The van der Waals surface area contributed by atoms with Gasteiger partial charge in [0.15, 0.2) is 0 Å². The van der Waals surface area contributed by atoms with Gasteiger partial charge in [-0.3, -0.25) is 9.59 Å². The van der Waals surface area contributed by atoms with Gasteiger partial charge in [0.2, 0.25) is 0 Å². The highest BCUT2D eigenvalue weighted by Crippen LogP contribution is 2.20. The van der Waals surface area contributed by atoms with Crippen LogP contribution in [0, 0.1) is 5.82 Å². The third-order valence-corrected chi connectivity index (χ3v) is 5.18. The number of H-pyrrole nitrogens is 1. The molecular formula is C23H19ClFN5O3. The van der Waals surface area contributed by atoms with Gasteiger partial charge in [-0.2, -0.15) is 9.78 Å². The Kier molecular flexibility index (Phi) is 6.62. The summed E-state index contributed by atoms with van der Waals surface area (Å²) in [4.78, 5) is 33.0. The lowest BCUT2D eigenvalue weighted by Gasteiger charge is -2.16. The molecule has 2 heterocycles. The molecule has 0 saturated carbocycles. The number of amides is 1. The lowest BCUT2D eigenvalue weighted by atomic mass is 10.1. The first-order valence-electron chi connectivity index (χ1n) is 10.00. The second-order valence-electron chi connectivity index (χ2n) is 7.28. The minimum atomic E-state index is -0.728. The average molecular weight is 468 g/mol. The zero-order valence-electron chi connectivity index (χ0n) is 17.2. The van der Waals surface area contributed by atoms with Crippen molar-refractivity contribution in [3.05, 3.63) is 99.6 Å². The Morgan fingerprint density at radius 1 is 1.21 bits per heavy atom. The van der Waals surface area contributed by atoms with Gasteiger partial charge < -0.3 is 15.4 Å². The summed E-state index contributed by atoms with van der Waals surface area (Å²) in [6.45, 7) is -0.349. The summed E-state index contributed by atoms with van der Waals surface area (Å²) < 4.78 is 14.8. The molecule has 0 bridgehead atoms. The van der Waals surface area contributed by atoms with Crippen molar-refractivity contribution in [2.24, 2.45) is 0 Å². The molecule has 33 heavy (non-hydrogen) atoms. The van der Waals surface area contributed by atoms with Crippen LogP contribution < -0.4 is 10.9 Å². The van der Waals surface area contributed by atoms with E-state index < -0.39 is 23.3 Å². The van der Waals surface area contributed by atoms with Crippen LogP contribution in [0.3, 0.4) is 0 Å². The predicted molar refractivity (Wildman–Crippen MR) is 121 cm³/mol. The molecule has 2 aromatic carbocycles. The molecule has 8 nitrogen and oxygen atoms in total. The Bertz CT molecular complexity index is 1320. The highest BCUT2D eigenvalue weighted by atomic mass is 35.5. The number of hydrogen-bond acceptors (Lipinski definition) is 5. The van der Waals surface area contributed by atoms with Crippen LogP contribution in [0.4, 0.5) is 4.39 Å². The van der Waals surface area contributed by atoms with E-state index in [0.717, 1.165) is 10.7 Å².